The number of imidazole rings is 1. The number of nitrogens with zero attached hydrogens (tertiary/aromatic N) is 2. The average Bonchev–Trinajstić information content (AvgIpc) is 2.93. The summed E-state index contributed by atoms with van der Waals surface area (Å²) in [6.07, 6.45) is 5.79. The maximum Gasteiger partial charge on any atom is 0.243 e. The van der Waals surface area contributed by atoms with Crippen LogP contribution in [0.25, 0.3) is 11.0 Å². The monoisotopic (exact) mass is 312 g/mol. The van der Waals surface area contributed by atoms with Gasteiger partial charge in [0, 0.05) is 6.04 Å². The molecule has 2 aromatic rings. The number of fused-ring (bicyclic) bond motifs is 3. The first kappa shape index (κ1) is 14.2. The van der Waals surface area contributed by atoms with E-state index in [4.69, 9.17) is 0 Å². The van der Waals surface area contributed by atoms with Crippen molar-refractivity contribution in [2.24, 2.45) is 0 Å². The summed E-state index contributed by atoms with van der Waals surface area (Å²) in [6, 6.07) is 7.37. The third-order valence-corrected chi connectivity index (χ3v) is 4.79. The minimum Gasteiger partial charge on any atom is -0.352 e. The Hall–Kier alpha value is -2.37. The number of rotatable bonds is 2. The molecule has 0 radical (unpaired) electrons. The van der Waals surface area contributed by atoms with Crippen LogP contribution in [0.15, 0.2) is 24.3 Å². The van der Waals surface area contributed by atoms with Crippen LogP contribution in [0, 0.1) is 0 Å². The van der Waals surface area contributed by atoms with Crippen LogP contribution in [-0.4, -0.2) is 27.4 Å². The highest BCUT2D eigenvalue weighted by molar-refractivity contribution is 5.99. The van der Waals surface area contributed by atoms with Gasteiger partial charge in [-0.3, -0.25) is 19.5 Å². The van der Waals surface area contributed by atoms with Crippen LogP contribution in [0.4, 0.5) is 5.95 Å². The van der Waals surface area contributed by atoms with E-state index < -0.39 is 6.04 Å². The summed E-state index contributed by atoms with van der Waals surface area (Å²) in [5.74, 6) is 0.235. The maximum atomic E-state index is 12.8. The fourth-order valence-electron chi connectivity index (χ4n) is 3.65. The highest BCUT2D eigenvalue weighted by Gasteiger charge is 2.33. The molecule has 6 nitrogen and oxygen atoms in total. The number of hydrogen-bond donors (Lipinski definition) is 2. The number of para-hydroxylation sites is 2. The Balaban J connectivity index is 1.66. The molecule has 1 aromatic heterocycles. The molecule has 1 fully saturated rings. The first-order chi connectivity index (χ1) is 11.2. The molecule has 2 aliphatic rings. The zero-order chi connectivity index (χ0) is 15.8. The minimum absolute atomic E-state index is 0.0730. The van der Waals surface area contributed by atoms with Crippen LogP contribution in [0.3, 0.4) is 0 Å². The number of aromatic nitrogens is 2. The van der Waals surface area contributed by atoms with Gasteiger partial charge in [-0.2, -0.15) is 0 Å². The normalized spacial score (nSPS) is 21.7. The predicted octanol–water partition coefficient (Wildman–Crippen LogP) is 2.37. The topological polar surface area (TPSA) is 76.0 Å². The Labute approximate surface area is 134 Å². The van der Waals surface area contributed by atoms with Gasteiger partial charge in [0.2, 0.25) is 17.8 Å². The third kappa shape index (κ3) is 2.58. The molecule has 0 bridgehead atoms. The number of amides is 2. The van der Waals surface area contributed by atoms with Gasteiger partial charge in [-0.25, -0.2) is 4.98 Å². The van der Waals surface area contributed by atoms with Crippen LogP contribution in [-0.2, 0) is 9.59 Å². The van der Waals surface area contributed by atoms with Gasteiger partial charge in [0.25, 0.3) is 0 Å². The van der Waals surface area contributed by atoms with E-state index in [1.807, 2.05) is 28.8 Å². The fraction of sp³-hybridized carbons (Fsp3) is 0.471. The number of carbonyl (C=O) groups is 2. The standard InChI is InChI=1S/C17H20N4O2/c22-15-10-14(16(23)18-11-6-2-1-3-7-11)21-13-9-5-4-8-12(13)19-17(21)20-15/h4-5,8-9,11,14H,1-3,6-7,10H2,(H,18,23)(H,19,20,22). The van der Waals surface area contributed by atoms with Gasteiger partial charge in [0.1, 0.15) is 6.04 Å². The Morgan fingerprint density at radius 3 is 2.83 bits per heavy atom. The summed E-state index contributed by atoms with van der Waals surface area (Å²) in [5.41, 5.74) is 1.67. The molecule has 4 rings (SSSR count). The van der Waals surface area contributed by atoms with Crippen molar-refractivity contribution in [3.8, 4) is 0 Å². The van der Waals surface area contributed by atoms with Crippen molar-refractivity contribution < 1.29 is 9.59 Å². The molecular weight excluding hydrogens is 292 g/mol. The number of nitrogens with one attached hydrogen (secondary N) is 2. The van der Waals surface area contributed by atoms with Gasteiger partial charge in [-0.1, -0.05) is 31.4 Å². The Kier molecular flexibility index (Phi) is 3.52. The van der Waals surface area contributed by atoms with Crippen LogP contribution in [0.1, 0.15) is 44.6 Å². The largest absolute Gasteiger partial charge is 0.352 e. The second-order valence-electron chi connectivity index (χ2n) is 6.41. The first-order valence-corrected chi connectivity index (χ1v) is 8.29. The molecule has 0 saturated heterocycles. The number of anilines is 1. The molecule has 2 amide bonds. The second-order valence-corrected chi connectivity index (χ2v) is 6.41. The summed E-state index contributed by atoms with van der Waals surface area (Å²) in [5, 5.41) is 5.91. The van der Waals surface area contributed by atoms with Crippen LogP contribution < -0.4 is 10.6 Å². The molecule has 1 saturated carbocycles. The quantitative estimate of drug-likeness (QED) is 0.894. The van der Waals surface area contributed by atoms with Gasteiger partial charge in [0.15, 0.2) is 0 Å². The van der Waals surface area contributed by atoms with E-state index in [0.717, 1.165) is 36.7 Å². The SMILES string of the molecule is O=C1CC(C(=O)NC2CCCCC2)n2c(nc3ccccc32)N1. The molecule has 6 heteroatoms. The summed E-state index contributed by atoms with van der Waals surface area (Å²) in [6.45, 7) is 0. The lowest BCUT2D eigenvalue weighted by molar-refractivity contribution is -0.129. The highest BCUT2D eigenvalue weighted by Crippen LogP contribution is 2.30. The van der Waals surface area contributed by atoms with Crippen LogP contribution >= 0.6 is 0 Å². The van der Waals surface area contributed by atoms with Gasteiger partial charge in [-0.05, 0) is 25.0 Å². The van der Waals surface area contributed by atoms with Gasteiger partial charge >= 0.3 is 0 Å². The van der Waals surface area contributed by atoms with Crippen molar-refractivity contribution >= 4 is 28.8 Å². The lowest BCUT2D eigenvalue weighted by Gasteiger charge is -2.28. The molecule has 120 valence electrons. The van der Waals surface area contributed by atoms with Crippen molar-refractivity contribution in [3.05, 3.63) is 24.3 Å². The molecule has 1 atom stereocenters. The van der Waals surface area contributed by atoms with Crippen molar-refractivity contribution in [3.63, 3.8) is 0 Å². The molecule has 23 heavy (non-hydrogen) atoms. The van der Waals surface area contributed by atoms with E-state index in [2.05, 4.69) is 15.6 Å². The summed E-state index contributed by atoms with van der Waals surface area (Å²) in [4.78, 5) is 29.2. The summed E-state index contributed by atoms with van der Waals surface area (Å²) >= 11 is 0. The van der Waals surface area contributed by atoms with Gasteiger partial charge < -0.3 is 5.32 Å². The molecule has 1 aliphatic heterocycles. The fourth-order valence-corrected chi connectivity index (χ4v) is 3.65. The molecule has 2 N–H and O–H groups in total. The number of benzene rings is 1. The van der Waals surface area contributed by atoms with Crippen LogP contribution in [0.5, 0.6) is 0 Å². The maximum absolute atomic E-state index is 12.8. The third-order valence-electron chi connectivity index (χ3n) is 4.79. The second kappa shape index (κ2) is 5.68. The highest BCUT2D eigenvalue weighted by atomic mass is 16.2. The van der Waals surface area contributed by atoms with Crippen LogP contribution in [0.2, 0.25) is 0 Å². The number of carbonyl (C=O) groups excluding carboxylic acids is 2. The van der Waals surface area contributed by atoms with Crippen molar-refractivity contribution in [1.29, 1.82) is 0 Å². The average molecular weight is 312 g/mol. The minimum atomic E-state index is -0.520. The van der Waals surface area contributed by atoms with E-state index in [1.54, 1.807) is 0 Å². The van der Waals surface area contributed by atoms with E-state index in [-0.39, 0.29) is 24.3 Å². The van der Waals surface area contributed by atoms with Crippen molar-refractivity contribution in [2.75, 3.05) is 5.32 Å². The van der Waals surface area contributed by atoms with Crippen molar-refractivity contribution in [2.45, 2.75) is 50.6 Å². The first-order valence-electron chi connectivity index (χ1n) is 8.29. The Morgan fingerprint density at radius 1 is 1.22 bits per heavy atom. The zero-order valence-corrected chi connectivity index (χ0v) is 12.9. The van der Waals surface area contributed by atoms with Gasteiger partial charge in [0.05, 0.1) is 17.5 Å². The molecule has 2 heterocycles. The Bertz CT molecular complexity index is 761. The number of hydrogen-bond acceptors (Lipinski definition) is 3. The molecule has 1 aromatic carbocycles. The van der Waals surface area contributed by atoms with E-state index in [1.165, 1.54) is 6.42 Å². The molecule has 1 unspecified atom stereocenters. The lowest BCUT2D eigenvalue weighted by Crippen LogP contribution is -2.43. The van der Waals surface area contributed by atoms with E-state index in [0.29, 0.717) is 5.95 Å². The van der Waals surface area contributed by atoms with E-state index >= 15 is 0 Å². The van der Waals surface area contributed by atoms with E-state index in [9.17, 15) is 9.59 Å². The van der Waals surface area contributed by atoms with Crippen molar-refractivity contribution in [1.82, 2.24) is 14.9 Å². The lowest BCUT2D eigenvalue weighted by atomic mass is 9.95. The Morgan fingerprint density at radius 2 is 2.00 bits per heavy atom. The molecular formula is C17H20N4O2. The zero-order valence-electron chi connectivity index (χ0n) is 12.9. The summed E-state index contributed by atoms with van der Waals surface area (Å²) in [7, 11) is 0. The summed E-state index contributed by atoms with van der Waals surface area (Å²) < 4.78 is 1.86. The smallest absolute Gasteiger partial charge is 0.243 e. The predicted molar refractivity (Wildman–Crippen MR) is 87.0 cm³/mol. The molecule has 1 aliphatic carbocycles. The molecule has 0 spiro atoms. The van der Waals surface area contributed by atoms with Gasteiger partial charge in [-0.15, -0.1) is 0 Å².